The van der Waals surface area contributed by atoms with E-state index in [1.165, 1.54) is 19.3 Å². The van der Waals surface area contributed by atoms with E-state index < -0.39 is 0 Å². The van der Waals surface area contributed by atoms with Crippen molar-refractivity contribution >= 4 is 29.7 Å². The topological polar surface area (TPSA) is 55.1 Å². The first-order valence-electron chi connectivity index (χ1n) is 7.32. The molecule has 3 aliphatic carbocycles. The van der Waals surface area contributed by atoms with E-state index in [2.05, 4.69) is 5.32 Å². The Labute approximate surface area is 125 Å². The van der Waals surface area contributed by atoms with Gasteiger partial charge < -0.3 is 11.1 Å². The number of aryl methyl sites for hydroxylation is 1. The van der Waals surface area contributed by atoms with Crippen LogP contribution >= 0.6 is 12.4 Å². The lowest BCUT2D eigenvalue weighted by atomic mass is 10.0. The van der Waals surface area contributed by atoms with Crippen LogP contribution in [0.3, 0.4) is 0 Å². The fourth-order valence-corrected chi connectivity index (χ4v) is 4.67. The van der Waals surface area contributed by atoms with Gasteiger partial charge in [0.05, 0.1) is 0 Å². The van der Waals surface area contributed by atoms with E-state index in [4.69, 9.17) is 5.73 Å². The third-order valence-electron chi connectivity index (χ3n) is 5.56. The second-order valence-corrected chi connectivity index (χ2v) is 6.58. The molecule has 0 radical (unpaired) electrons. The van der Waals surface area contributed by atoms with Crippen LogP contribution in [0.1, 0.15) is 24.8 Å². The van der Waals surface area contributed by atoms with Crippen molar-refractivity contribution in [2.24, 2.45) is 29.6 Å². The van der Waals surface area contributed by atoms with Crippen LogP contribution in [-0.2, 0) is 4.79 Å². The van der Waals surface area contributed by atoms with Crippen molar-refractivity contribution in [1.82, 2.24) is 0 Å². The zero-order chi connectivity index (χ0) is 13.1. The van der Waals surface area contributed by atoms with Crippen LogP contribution in [0.5, 0.6) is 0 Å². The van der Waals surface area contributed by atoms with E-state index in [1.807, 2.05) is 25.1 Å². The first kappa shape index (κ1) is 13.7. The van der Waals surface area contributed by atoms with Gasteiger partial charge >= 0.3 is 0 Å². The lowest BCUT2D eigenvalue weighted by Crippen LogP contribution is -2.19. The maximum Gasteiger partial charge on any atom is 0.228 e. The smallest absolute Gasteiger partial charge is 0.228 e. The summed E-state index contributed by atoms with van der Waals surface area (Å²) in [4.78, 5) is 12.4. The number of benzene rings is 1. The van der Waals surface area contributed by atoms with Gasteiger partial charge in [-0.3, -0.25) is 4.79 Å². The van der Waals surface area contributed by atoms with Gasteiger partial charge in [0.25, 0.3) is 0 Å². The molecule has 0 aromatic heterocycles. The van der Waals surface area contributed by atoms with Crippen LogP contribution in [0.15, 0.2) is 18.2 Å². The molecular weight excluding hydrogens is 272 g/mol. The summed E-state index contributed by atoms with van der Waals surface area (Å²) in [5.74, 6) is 3.58. The van der Waals surface area contributed by atoms with Gasteiger partial charge in [0.15, 0.2) is 0 Å². The highest BCUT2D eigenvalue weighted by Crippen LogP contribution is 2.69. The Morgan fingerprint density at radius 2 is 1.90 bits per heavy atom. The van der Waals surface area contributed by atoms with Crippen LogP contribution < -0.4 is 11.1 Å². The molecule has 3 saturated carbocycles. The first-order chi connectivity index (χ1) is 9.15. The van der Waals surface area contributed by atoms with Crippen molar-refractivity contribution in [1.29, 1.82) is 0 Å². The van der Waals surface area contributed by atoms with Gasteiger partial charge in [0, 0.05) is 17.3 Å². The second kappa shape index (κ2) is 4.66. The number of amides is 1. The first-order valence-corrected chi connectivity index (χ1v) is 7.32. The number of hydrogen-bond acceptors (Lipinski definition) is 2. The molecule has 4 atom stereocenters. The van der Waals surface area contributed by atoms with Gasteiger partial charge in [0.1, 0.15) is 0 Å². The molecule has 0 heterocycles. The molecule has 3 N–H and O–H groups in total. The molecule has 20 heavy (non-hydrogen) atoms. The molecule has 3 nitrogen and oxygen atoms in total. The van der Waals surface area contributed by atoms with Crippen LogP contribution in [0.2, 0.25) is 0 Å². The van der Waals surface area contributed by atoms with Gasteiger partial charge in [-0.05, 0) is 67.6 Å². The molecule has 3 fully saturated rings. The quantitative estimate of drug-likeness (QED) is 0.822. The molecular formula is C16H21ClN2O. The summed E-state index contributed by atoms with van der Waals surface area (Å²) < 4.78 is 0. The zero-order valence-electron chi connectivity index (χ0n) is 11.6. The van der Waals surface area contributed by atoms with Crippen molar-refractivity contribution in [2.75, 3.05) is 11.1 Å². The Kier molecular flexibility index (Phi) is 3.20. The number of hydrogen-bond donors (Lipinski definition) is 2. The van der Waals surface area contributed by atoms with E-state index in [-0.39, 0.29) is 24.2 Å². The van der Waals surface area contributed by atoms with Crippen molar-refractivity contribution < 1.29 is 4.79 Å². The van der Waals surface area contributed by atoms with Gasteiger partial charge in [-0.25, -0.2) is 0 Å². The maximum absolute atomic E-state index is 12.4. The SMILES string of the molecule is Cc1ccc(N)cc1NC(=O)C1C2C3CCC(C3)C12.Cl. The van der Waals surface area contributed by atoms with Gasteiger partial charge in [-0.1, -0.05) is 6.07 Å². The Bertz CT molecular complexity index is 543. The summed E-state index contributed by atoms with van der Waals surface area (Å²) >= 11 is 0. The lowest BCUT2D eigenvalue weighted by Gasteiger charge is -2.12. The van der Waals surface area contributed by atoms with Crippen molar-refractivity contribution in [3.05, 3.63) is 23.8 Å². The molecule has 108 valence electrons. The van der Waals surface area contributed by atoms with Gasteiger partial charge in [-0.2, -0.15) is 0 Å². The van der Waals surface area contributed by atoms with E-state index in [1.54, 1.807) is 0 Å². The Hall–Kier alpha value is -1.22. The summed E-state index contributed by atoms with van der Waals surface area (Å²) in [5, 5.41) is 3.09. The summed E-state index contributed by atoms with van der Waals surface area (Å²) in [5.41, 5.74) is 8.45. The highest BCUT2D eigenvalue weighted by Gasteiger charge is 2.67. The van der Waals surface area contributed by atoms with Crippen molar-refractivity contribution in [3.8, 4) is 0 Å². The fraction of sp³-hybridized carbons (Fsp3) is 0.562. The molecule has 0 spiro atoms. The van der Waals surface area contributed by atoms with E-state index in [0.29, 0.717) is 17.5 Å². The molecule has 2 bridgehead atoms. The number of carbonyl (C=O) groups is 1. The predicted molar refractivity (Wildman–Crippen MR) is 82.8 cm³/mol. The second-order valence-electron chi connectivity index (χ2n) is 6.58. The van der Waals surface area contributed by atoms with Gasteiger partial charge in [0.2, 0.25) is 5.91 Å². The molecule has 0 saturated heterocycles. The molecule has 4 heteroatoms. The maximum atomic E-state index is 12.4. The Morgan fingerprint density at radius 3 is 2.55 bits per heavy atom. The number of nitrogen functional groups attached to an aromatic ring is 1. The number of nitrogens with two attached hydrogens (primary N) is 1. The van der Waals surface area contributed by atoms with Crippen LogP contribution in [0.4, 0.5) is 11.4 Å². The standard InChI is InChI=1S/C16H20N2O.ClH/c1-8-2-5-11(17)7-12(8)18-16(19)15-13-9-3-4-10(6-9)14(13)15;/h2,5,7,9-10,13-15H,3-4,6,17H2,1H3,(H,18,19);1H. The minimum Gasteiger partial charge on any atom is -0.399 e. The summed E-state index contributed by atoms with van der Waals surface area (Å²) in [6, 6.07) is 5.69. The summed E-state index contributed by atoms with van der Waals surface area (Å²) in [6.07, 6.45) is 4.09. The average molecular weight is 293 g/mol. The fourth-order valence-electron chi connectivity index (χ4n) is 4.67. The average Bonchev–Trinajstić information content (AvgIpc) is 2.83. The number of halogens is 1. The predicted octanol–water partition coefficient (Wildman–Crippen LogP) is 3.23. The highest BCUT2D eigenvalue weighted by atomic mass is 35.5. The number of rotatable bonds is 2. The van der Waals surface area contributed by atoms with E-state index >= 15 is 0 Å². The largest absolute Gasteiger partial charge is 0.399 e. The molecule has 1 amide bonds. The highest BCUT2D eigenvalue weighted by molar-refractivity contribution is 5.96. The number of anilines is 2. The van der Waals surface area contributed by atoms with Crippen LogP contribution in [-0.4, -0.2) is 5.91 Å². The Morgan fingerprint density at radius 1 is 1.25 bits per heavy atom. The van der Waals surface area contributed by atoms with Crippen molar-refractivity contribution in [3.63, 3.8) is 0 Å². The van der Waals surface area contributed by atoms with Crippen LogP contribution in [0, 0.1) is 36.5 Å². The van der Waals surface area contributed by atoms with Gasteiger partial charge in [-0.15, -0.1) is 12.4 Å². The van der Waals surface area contributed by atoms with E-state index in [9.17, 15) is 4.79 Å². The lowest BCUT2D eigenvalue weighted by molar-refractivity contribution is -0.118. The third kappa shape index (κ3) is 1.91. The molecule has 4 rings (SSSR count). The molecule has 4 unspecified atom stereocenters. The summed E-state index contributed by atoms with van der Waals surface area (Å²) in [7, 11) is 0. The minimum atomic E-state index is 0. The summed E-state index contributed by atoms with van der Waals surface area (Å²) in [6.45, 7) is 2.01. The third-order valence-corrected chi connectivity index (χ3v) is 5.56. The van der Waals surface area contributed by atoms with E-state index in [0.717, 1.165) is 23.1 Å². The Balaban J connectivity index is 0.00000121. The van der Waals surface area contributed by atoms with Crippen molar-refractivity contribution in [2.45, 2.75) is 26.2 Å². The number of carbonyl (C=O) groups excluding carboxylic acids is 1. The molecule has 1 aromatic rings. The number of nitrogens with one attached hydrogen (secondary N) is 1. The molecule has 0 aliphatic heterocycles. The molecule has 1 aromatic carbocycles. The zero-order valence-corrected chi connectivity index (χ0v) is 12.5. The molecule has 3 aliphatic rings. The normalized spacial score (nSPS) is 36.1. The van der Waals surface area contributed by atoms with Crippen LogP contribution in [0.25, 0.3) is 0 Å². The number of fused-ring (bicyclic) bond motifs is 5. The minimum absolute atomic E-state index is 0. The monoisotopic (exact) mass is 292 g/mol.